The zero-order chi connectivity index (χ0) is 19.5. The Morgan fingerprint density at radius 2 is 2.04 bits per heavy atom. The van der Waals surface area contributed by atoms with E-state index in [9.17, 15) is 4.79 Å². The van der Waals surface area contributed by atoms with E-state index in [-0.39, 0.29) is 5.91 Å². The third-order valence-electron chi connectivity index (χ3n) is 4.62. The van der Waals surface area contributed by atoms with Crippen LogP contribution < -0.4 is 5.43 Å². The van der Waals surface area contributed by atoms with Gasteiger partial charge in [0.1, 0.15) is 0 Å². The molecular weight excluding hydrogens is 350 g/mol. The Labute approximate surface area is 162 Å². The van der Waals surface area contributed by atoms with Gasteiger partial charge < -0.3 is 4.98 Å². The highest BCUT2D eigenvalue weighted by Gasteiger charge is 2.07. The van der Waals surface area contributed by atoms with Crippen LogP contribution in [-0.4, -0.2) is 26.9 Å². The van der Waals surface area contributed by atoms with Crippen molar-refractivity contribution in [1.29, 1.82) is 0 Å². The number of nitrogens with zero attached hydrogens (tertiary/aromatic N) is 3. The minimum Gasteiger partial charge on any atom is -0.361 e. The number of carbonyl (C=O) groups excluding carboxylic acids is 1. The first-order chi connectivity index (χ1) is 13.6. The summed E-state index contributed by atoms with van der Waals surface area (Å²) in [4.78, 5) is 15.6. The number of aromatic amines is 1. The molecule has 0 radical (unpaired) electrons. The second-order valence-corrected chi connectivity index (χ2v) is 6.77. The SMILES string of the molecule is Cc1cc(C)n(Cc2cccc(C(=O)NN=Cc3c[nH]c4ccccc34)c2)n1. The lowest BCUT2D eigenvalue weighted by atomic mass is 10.1. The van der Waals surface area contributed by atoms with Crippen LogP contribution in [0.15, 0.2) is 65.9 Å². The van der Waals surface area contributed by atoms with Crippen molar-refractivity contribution in [2.75, 3.05) is 0 Å². The number of rotatable bonds is 5. The Bertz CT molecular complexity index is 1170. The Morgan fingerprint density at radius 3 is 2.86 bits per heavy atom. The van der Waals surface area contributed by atoms with Gasteiger partial charge in [0.2, 0.25) is 0 Å². The summed E-state index contributed by atoms with van der Waals surface area (Å²) in [7, 11) is 0. The van der Waals surface area contributed by atoms with Crippen LogP contribution in [0.1, 0.15) is 32.9 Å². The van der Waals surface area contributed by atoms with E-state index in [1.165, 1.54) is 0 Å². The van der Waals surface area contributed by atoms with Gasteiger partial charge >= 0.3 is 0 Å². The first-order valence-electron chi connectivity index (χ1n) is 9.10. The molecule has 0 aliphatic rings. The molecule has 0 aliphatic heterocycles. The molecule has 6 nitrogen and oxygen atoms in total. The van der Waals surface area contributed by atoms with Gasteiger partial charge in [-0.05, 0) is 43.7 Å². The molecule has 1 amide bonds. The average Bonchev–Trinajstić information content (AvgIpc) is 3.24. The second-order valence-electron chi connectivity index (χ2n) is 6.77. The number of amides is 1. The number of aryl methyl sites for hydroxylation is 2. The van der Waals surface area contributed by atoms with Crippen molar-refractivity contribution >= 4 is 23.0 Å². The highest BCUT2D eigenvalue weighted by molar-refractivity contribution is 6.00. The van der Waals surface area contributed by atoms with Gasteiger partial charge in [-0.2, -0.15) is 10.2 Å². The zero-order valence-corrected chi connectivity index (χ0v) is 15.8. The van der Waals surface area contributed by atoms with Crippen molar-refractivity contribution in [3.05, 3.63) is 88.9 Å². The number of nitrogens with one attached hydrogen (secondary N) is 2. The number of fused-ring (bicyclic) bond motifs is 1. The minimum atomic E-state index is -0.244. The van der Waals surface area contributed by atoms with Gasteiger partial charge in [0.15, 0.2) is 0 Å². The molecule has 0 bridgehead atoms. The number of hydrazone groups is 1. The minimum absolute atomic E-state index is 0.244. The Kier molecular flexibility index (Phi) is 4.76. The van der Waals surface area contributed by atoms with Crippen LogP contribution in [0.5, 0.6) is 0 Å². The van der Waals surface area contributed by atoms with Crippen LogP contribution in [0.2, 0.25) is 0 Å². The number of hydrogen-bond acceptors (Lipinski definition) is 3. The molecule has 2 heterocycles. The van der Waals surface area contributed by atoms with E-state index in [2.05, 4.69) is 20.6 Å². The quantitative estimate of drug-likeness (QED) is 0.414. The lowest BCUT2D eigenvalue weighted by molar-refractivity contribution is 0.0955. The third-order valence-corrected chi connectivity index (χ3v) is 4.62. The summed E-state index contributed by atoms with van der Waals surface area (Å²) < 4.78 is 1.93. The van der Waals surface area contributed by atoms with Crippen LogP contribution in [-0.2, 0) is 6.54 Å². The van der Waals surface area contributed by atoms with Gasteiger partial charge in [-0.15, -0.1) is 0 Å². The highest BCUT2D eigenvalue weighted by Crippen LogP contribution is 2.15. The zero-order valence-electron chi connectivity index (χ0n) is 15.8. The summed E-state index contributed by atoms with van der Waals surface area (Å²) in [5, 5.41) is 9.64. The number of aromatic nitrogens is 3. The molecule has 0 saturated heterocycles. The number of hydrogen-bond donors (Lipinski definition) is 2. The van der Waals surface area contributed by atoms with Crippen LogP contribution in [0.4, 0.5) is 0 Å². The Balaban J connectivity index is 1.45. The molecule has 6 heteroatoms. The van der Waals surface area contributed by atoms with E-state index in [0.717, 1.165) is 33.4 Å². The van der Waals surface area contributed by atoms with Crippen LogP contribution in [0, 0.1) is 13.8 Å². The van der Waals surface area contributed by atoms with Crippen molar-refractivity contribution in [2.45, 2.75) is 20.4 Å². The van der Waals surface area contributed by atoms with Crippen molar-refractivity contribution < 1.29 is 4.79 Å². The lowest BCUT2D eigenvalue weighted by Gasteiger charge is -2.06. The summed E-state index contributed by atoms with van der Waals surface area (Å²) >= 11 is 0. The van der Waals surface area contributed by atoms with Gasteiger partial charge in [-0.3, -0.25) is 9.48 Å². The lowest BCUT2D eigenvalue weighted by Crippen LogP contribution is -2.18. The molecule has 2 aromatic carbocycles. The van der Waals surface area contributed by atoms with E-state index in [1.807, 2.05) is 73.3 Å². The average molecular weight is 371 g/mol. The second kappa shape index (κ2) is 7.52. The number of H-pyrrole nitrogens is 1. The smallest absolute Gasteiger partial charge is 0.271 e. The van der Waals surface area contributed by atoms with E-state index in [0.29, 0.717) is 12.1 Å². The maximum atomic E-state index is 12.5. The summed E-state index contributed by atoms with van der Waals surface area (Å²) in [5.41, 5.74) is 8.22. The normalized spacial score (nSPS) is 11.4. The number of carbonyl (C=O) groups is 1. The first kappa shape index (κ1) is 17.7. The van der Waals surface area contributed by atoms with Gasteiger partial charge in [0.25, 0.3) is 5.91 Å². The molecule has 0 aliphatic carbocycles. The topological polar surface area (TPSA) is 75.1 Å². The molecule has 4 aromatic rings. The molecule has 0 fully saturated rings. The summed E-state index contributed by atoms with van der Waals surface area (Å²) in [6.07, 6.45) is 3.52. The summed E-state index contributed by atoms with van der Waals surface area (Å²) in [6.45, 7) is 4.62. The van der Waals surface area contributed by atoms with Crippen LogP contribution >= 0.6 is 0 Å². The van der Waals surface area contributed by atoms with Crippen molar-refractivity contribution in [3.8, 4) is 0 Å². The summed E-state index contributed by atoms with van der Waals surface area (Å²) in [6, 6.07) is 17.5. The third kappa shape index (κ3) is 3.71. The molecule has 0 spiro atoms. The molecular formula is C22H21N5O. The molecule has 0 saturated carbocycles. The Hall–Kier alpha value is -3.67. The monoisotopic (exact) mass is 371 g/mol. The molecule has 28 heavy (non-hydrogen) atoms. The van der Waals surface area contributed by atoms with E-state index >= 15 is 0 Å². The van der Waals surface area contributed by atoms with Gasteiger partial charge in [-0.1, -0.05) is 30.3 Å². The molecule has 0 atom stereocenters. The van der Waals surface area contributed by atoms with Gasteiger partial charge in [0, 0.05) is 33.9 Å². The fraction of sp³-hybridized carbons (Fsp3) is 0.136. The highest BCUT2D eigenvalue weighted by atomic mass is 16.2. The molecule has 140 valence electrons. The standard InChI is InChI=1S/C22H21N5O/c1-15-10-16(2)27(26-15)14-17-6-5-7-18(11-17)22(28)25-24-13-19-12-23-21-9-4-3-8-20(19)21/h3-13,23H,14H2,1-2H3,(H,25,28). The van der Waals surface area contributed by atoms with E-state index in [4.69, 9.17) is 0 Å². The predicted molar refractivity (Wildman–Crippen MR) is 111 cm³/mol. The summed E-state index contributed by atoms with van der Waals surface area (Å²) in [5.74, 6) is -0.244. The number of para-hydroxylation sites is 1. The predicted octanol–water partition coefficient (Wildman–Crippen LogP) is 3.79. The fourth-order valence-corrected chi connectivity index (χ4v) is 3.24. The van der Waals surface area contributed by atoms with Crippen LogP contribution in [0.25, 0.3) is 10.9 Å². The van der Waals surface area contributed by atoms with Crippen molar-refractivity contribution in [3.63, 3.8) is 0 Å². The van der Waals surface area contributed by atoms with Crippen molar-refractivity contribution in [1.82, 2.24) is 20.2 Å². The largest absolute Gasteiger partial charge is 0.361 e. The van der Waals surface area contributed by atoms with Crippen LogP contribution in [0.3, 0.4) is 0 Å². The van der Waals surface area contributed by atoms with E-state index < -0.39 is 0 Å². The maximum Gasteiger partial charge on any atom is 0.271 e. The molecule has 2 N–H and O–H groups in total. The molecule has 2 aromatic heterocycles. The van der Waals surface area contributed by atoms with E-state index in [1.54, 1.807) is 12.3 Å². The van der Waals surface area contributed by atoms with Gasteiger partial charge in [-0.25, -0.2) is 5.43 Å². The fourth-order valence-electron chi connectivity index (χ4n) is 3.24. The first-order valence-corrected chi connectivity index (χ1v) is 9.10. The number of benzene rings is 2. The maximum absolute atomic E-state index is 12.5. The van der Waals surface area contributed by atoms with Gasteiger partial charge in [0.05, 0.1) is 18.5 Å². The van der Waals surface area contributed by atoms with Crippen molar-refractivity contribution in [2.24, 2.45) is 5.10 Å². The molecule has 4 rings (SSSR count). The Morgan fingerprint density at radius 1 is 1.18 bits per heavy atom. The molecule has 0 unspecified atom stereocenters.